The minimum Gasteiger partial charge on any atom is -0.497 e. The van der Waals surface area contributed by atoms with E-state index in [2.05, 4.69) is 16.0 Å². The van der Waals surface area contributed by atoms with E-state index < -0.39 is 18.5 Å². The van der Waals surface area contributed by atoms with E-state index in [9.17, 15) is 9.59 Å². The van der Waals surface area contributed by atoms with Crippen molar-refractivity contribution in [2.24, 2.45) is 11.0 Å². The SMILES string of the molecule is COc1ccc(/C=C2/CCC[C@@H]3C2=NN(C(=O)COC(=O)c2cnccn2)[C@@H]3c2ccc(OC)cc2)cc1. The van der Waals surface area contributed by atoms with E-state index >= 15 is 0 Å². The molecule has 0 radical (unpaired) electrons. The molecule has 0 bridgehead atoms. The number of amides is 1. The summed E-state index contributed by atoms with van der Waals surface area (Å²) in [6.07, 6.45) is 9.00. The van der Waals surface area contributed by atoms with E-state index in [4.69, 9.17) is 19.3 Å². The fourth-order valence-electron chi connectivity index (χ4n) is 4.91. The number of ether oxygens (including phenoxy) is 3. The van der Waals surface area contributed by atoms with Crippen LogP contribution in [0.5, 0.6) is 11.5 Å². The molecule has 2 aromatic carbocycles. The van der Waals surface area contributed by atoms with Gasteiger partial charge in [-0.15, -0.1) is 0 Å². The molecule has 0 unspecified atom stereocenters. The van der Waals surface area contributed by atoms with Gasteiger partial charge in [-0.3, -0.25) is 9.78 Å². The number of aromatic nitrogens is 2. The molecular formula is C29H28N4O5. The Balaban J connectivity index is 1.44. The highest BCUT2D eigenvalue weighted by Crippen LogP contribution is 2.44. The summed E-state index contributed by atoms with van der Waals surface area (Å²) < 4.78 is 15.9. The van der Waals surface area contributed by atoms with Crippen molar-refractivity contribution >= 4 is 23.7 Å². The standard InChI is InChI=1S/C29H28N4O5/c1-36-22-10-6-19(7-11-22)16-21-4-3-5-24-27(21)32-33(28(24)20-8-12-23(37-2)13-9-20)26(34)18-38-29(35)25-17-30-14-15-31-25/h6-17,24,28H,3-5,18H2,1-2H3/b21-16-/t24-,28-/m1/s1. The van der Waals surface area contributed by atoms with Crippen LogP contribution in [0.15, 0.2) is 77.8 Å². The first-order valence-corrected chi connectivity index (χ1v) is 12.4. The number of methoxy groups -OCH3 is 2. The molecule has 0 spiro atoms. The van der Waals surface area contributed by atoms with Crippen LogP contribution in [0.4, 0.5) is 0 Å². The quantitative estimate of drug-likeness (QED) is 0.430. The Morgan fingerprint density at radius 1 is 1.00 bits per heavy atom. The molecule has 1 aliphatic heterocycles. The Morgan fingerprint density at radius 3 is 2.37 bits per heavy atom. The summed E-state index contributed by atoms with van der Waals surface area (Å²) in [4.78, 5) is 33.6. The maximum absolute atomic E-state index is 13.4. The maximum atomic E-state index is 13.4. The summed E-state index contributed by atoms with van der Waals surface area (Å²) >= 11 is 0. The van der Waals surface area contributed by atoms with Crippen molar-refractivity contribution in [2.75, 3.05) is 20.8 Å². The van der Waals surface area contributed by atoms with E-state index in [1.165, 1.54) is 23.6 Å². The summed E-state index contributed by atoms with van der Waals surface area (Å²) in [6.45, 7) is -0.455. The molecule has 38 heavy (non-hydrogen) atoms. The zero-order valence-electron chi connectivity index (χ0n) is 21.2. The number of rotatable bonds is 7. The van der Waals surface area contributed by atoms with Crippen LogP contribution < -0.4 is 9.47 Å². The average Bonchev–Trinajstić information content (AvgIpc) is 3.37. The summed E-state index contributed by atoms with van der Waals surface area (Å²) in [5.74, 6) is 0.415. The lowest BCUT2D eigenvalue weighted by atomic mass is 9.77. The molecule has 1 fully saturated rings. The number of hydrogen-bond donors (Lipinski definition) is 0. The molecule has 3 aromatic rings. The number of hydrazone groups is 1. The zero-order chi connectivity index (χ0) is 26.5. The van der Waals surface area contributed by atoms with Gasteiger partial charge < -0.3 is 14.2 Å². The Hall–Kier alpha value is -4.53. The van der Waals surface area contributed by atoms with Crippen LogP contribution in [0.2, 0.25) is 0 Å². The number of nitrogens with zero attached hydrogens (tertiary/aromatic N) is 4. The lowest BCUT2D eigenvalue weighted by molar-refractivity contribution is -0.137. The molecule has 2 aliphatic rings. The fraction of sp³-hybridized carbons (Fsp3) is 0.276. The first-order valence-electron chi connectivity index (χ1n) is 12.4. The number of allylic oxidation sites excluding steroid dienone is 1. The third-order valence-corrected chi connectivity index (χ3v) is 6.77. The van der Waals surface area contributed by atoms with E-state index in [0.717, 1.165) is 53.2 Å². The number of esters is 1. The lowest BCUT2D eigenvalue weighted by Crippen LogP contribution is -2.34. The Kier molecular flexibility index (Phi) is 7.44. The van der Waals surface area contributed by atoms with Crippen LogP contribution in [-0.2, 0) is 9.53 Å². The summed E-state index contributed by atoms with van der Waals surface area (Å²) in [7, 11) is 3.26. The van der Waals surface area contributed by atoms with Crippen molar-refractivity contribution in [3.05, 3.63) is 89.5 Å². The fourth-order valence-corrected chi connectivity index (χ4v) is 4.91. The van der Waals surface area contributed by atoms with Crippen molar-refractivity contribution in [1.29, 1.82) is 0 Å². The molecule has 2 atom stereocenters. The average molecular weight is 513 g/mol. The van der Waals surface area contributed by atoms with Crippen molar-refractivity contribution in [2.45, 2.75) is 25.3 Å². The molecule has 194 valence electrons. The first kappa shape index (κ1) is 25.1. The molecule has 9 nitrogen and oxygen atoms in total. The molecule has 0 N–H and O–H groups in total. The molecular weight excluding hydrogens is 484 g/mol. The lowest BCUT2D eigenvalue weighted by Gasteiger charge is -2.29. The maximum Gasteiger partial charge on any atom is 0.359 e. The van der Waals surface area contributed by atoms with Crippen LogP contribution in [0.25, 0.3) is 6.08 Å². The predicted molar refractivity (Wildman–Crippen MR) is 141 cm³/mol. The van der Waals surface area contributed by atoms with Gasteiger partial charge in [-0.1, -0.05) is 24.3 Å². The molecule has 1 aliphatic carbocycles. The third-order valence-electron chi connectivity index (χ3n) is 6.77. The second kappa shape index (κ2) is 11.2. The van der Waals surface area contributed by atoms with Gasteiger partial charge in [0.1, 0.15) is 11.5 Å². The van der Waals surface area contributed by atoms with E-state index in [0.29, 0.717) is 0 Å². The van der Waals surface area contributed by atoms with E-state index in [1.54, 1.807) is 14.2 Å². The number of fused-ring (bicyclic) bond motifs is 1. The highest BCUT2D eigenvalue weighted by molar-refractivity contribution is 6.08. The second-order valence-corrected chi connectivity index (χ2v) is 9.05. The molecule has 1 amide bonds. The number of hydrogen-bond acceptors (Lipinski definition) is 8. The predicted octanol–water partition coefficient (Wildman–Crippen LogP) is 4.47. The van der Waals surface area contributed by atoms with E-state index in [1.807, 2.05) is 48.5 Å². The second-order valence-electron chi connectivity index (χ2n) is 9.05. The van der Waals surface area contributed by atoms with Crippen molar-refractivity contribution < 1.29 is 23.8 Å². The Bertz CT molecular complexity index is 1350. The topological polar surface area (TPSA) is 103 Å². The number of carbonyl (C=O) groups is 2. The van der Waals surface area contributed by atoms with Crippen molar-refractivity contribution in [3.63, 3.8) is 0 Å². The zero-order valence-corrected chi connectivity index (χ0v) is 21.2. The van der Waals surface area contributed by atoms with Gasteiger partial charge in [0.05, 0.1) is 32.2 Å². The summed E-state index contributed by atoms with van der Waals surface area (Å²) in [5, 5.41) is 6.30. The van der Waals surface area contributed by atoms with E-state index in [-0.39, 0.29) is 17.7 Å². The van der Waals surface area contributed by atoms with Crippen molar-refractivity contribution in [3.8, 4) is 11.5 Å². The minimum absolute atomic E-state index is 0.0151. The molecule has 1 saturated carbocycles. The van der Waals surface area contributed by atoms with Gasteiger partial charge in [-0.25, -0.2) is 14.8 Å². The molecule has 5 rings (SSSR count). The highest BCUT2D eigenvalue weighted by Gasteiger charge is 2.43. The normalized spacial score (nSPS) is 19.5. The van der Waals surface area contributed by atoms with Crippen LogP contribution in [0.3, 0.4) is 0 Å². The monoisotopic (exact) mass is 512 g/mol. The summed E-state index contributed by atoms with van der Waals surface area (Å²) in [6, 6.07) is 15.2. The van der Waals surface area contributed by atoms with Crippen LogP contribution in [0.1, 0.15) is 46.9 Å². The Morgan fingerprint density at radius 2 is 1.71 bits per heavy atom. The number of carbonyl (C=O) groups excluding carboxylic acids is 2. The molecule has 0 saturated heterocycles. The minimum atomic E-state index is -0.711. The largest absolute Gasteiger partial charge is 0.497 e. The first-order chi connectivity index (χ1) is 18.6. The molecule has 1 aromatic heterocycles. The summed E-state index contributed by atoms with van der Waals surface area (Å²) in [5.41, 5.74) is 4.00. The van der Waals surface area contributed by atoms with Crippen molar-refractivity contribution in [1.82, 2.24) is 15.0 Å². The number of benzene rings is 2. The molecule has 2 heterocycles. The van der Waals surface area contributed by atoms with Gasteiger partial charge in [0.15, 0.2) is 12.3 Å². The Labute approximate surface area is 220 Å². The van der Waals surface area contributed by atoms with Gasteiger partial charge in [-0.2, -0.15) is 5.10 Å². The third kappa shape index (κ3) is 5.27. The van der Waals surface area contributed by atoms with Crippen LogP contribution in [-0.4, -0.2) is 53.4 Å². The highest BCUT2D eigenvalue weighted by atomic mass is 16.5. The molecule has 9 heteroatoms. The van der Waals surface area contributed by atoms with Gasteiger partial charge in [0.2, 0.25) is 0 Å². The van der Waals surface area contributed by atoms with Gasteiger partial charge in [-0.05, 0) is 66.3 Å². The van der Waals surface area contributed by atoms with Gasteiger partial charge >= 0.3 is 5.97 Å². The van der Waals surface area contributed by atoms with Crippen LogP contribution in [0, 0.1) is 5.92 Å². The van der Waals surface area contributed by atoms with Crippen LogP contribution >= 0.6 is 0 Å². The van der Waals surface area contributed by atoms with Gasteiger partial charge in [0.25, 0.3) is 5.91 Å². The smallest absolute Gasteiger partial charge is 0.359 e. The van der Waals surface area contributed by atoms with Gasteiger partial charge in [0, 0.05) is 18.3 Å².